The number of aryl methyl sites for hydroxylation is 2. The Hall–Kier alpha value is -3.15. The lowest BCUT2D eigenvalue weighted by molar-refractivity contribution is 0.101. The summed E-state index contributed by atoms with van der Waals surface area (Å²) in [5.74, 6) is 0.187. The molecule has 1 aromatic heterocycles. The van der Waals surface area contributed by atoms with Gasteiger partial charge in [0.15, 0.2) is 5.82 Å². The van der Waals surface area contributed by atoms with Crippen molar-refractivity contribution in [3.8, 4) is 17.1 Å². The fourth-order valence-corrected chi connectivity index (χ4v) is 3.36. The highest BCUT2D eigenvalue weighted by Gasteiger charge is 2.20. The molecule has 1 amide bonds. The second-order valence-corrected chi connectivity index (χ2v) is 7.75. The fraction of sp³-hybridized carbons (Fsp3) is 0.0870. The highest BCUT2D eigenvalue weighted by Crippen LogP contribution is 2.27. The topological polar surface area (TPSA) is 59.8 Å². The number of nitrogens with zero attached hydrogens (tertiary/aromatic N) is 3. The molecule has 3 aromatic carbocycles. The molecule has 0 aliphatic rings. The standard InChI is InChI=1S/C23H18Cl2N4O/c1-14-5-3-4-6-19(14)26-23(30)21-27-22(16-8-11-17(24)12-9-16)29(28-21)20-13-18(25)10-7-15(20)2/h3-13H,1-2H3,(H,26,30). The molecule has 0 atom stereocenters. The molecule has 1 N–H and O–H groups in total. The van der Waals surface area contributed by atoms with Gasteiger partial charge in [0.2, 0.25) is 5.82 Å². The van der Waals surface area contributed by atoms with E-state index in [2.05, 4.69) is 15.4 Å². The Morgan fingerprint density at radius 2 is 1.60 bits per heavy atom. The molecule has 0 spiro atoms. The van der Waals surface area contributed by atoms with Crippen LogP contribution in [0.5, 0.6) is 0 Å². The zero-order chi connectivity index (χ0) is 21.3. The first-order chi connectivity index (χ1) is 14.4. The molecule has 4 rings (SSSR count). The molecule has 0 radical (unpaired) electrons. The second kappa shape index (κ2) is 8.30. The monoisotopic (exact) mass is 436 g/mol. The molecular weight excluding hydrogens is 419 g/mol. The van der Waals surface area contributed by atoms with E-state index in [4.69, 9.17) is 23.2 Å². The number of hydrogen-bond donors (Lipinski definition) is 1. The summed E-state index contributed by atoms with van der Waals surface area (Å²) in [7, 11) is 0. The molecule has 0 aliphatic heterocycles. The van der Waals surface area contributed by atoms with Crippen LogP contribution in [0.25, 0.3) is 17.1 Å². The molecule has 0 unspecified atom stereocenters. The van der Waals surface area contributed by atoms with Crippen molar-refractivity contribution in [1.29, 1.82) is 0 Å². The largest absolute Gasteiger partial charge is 0.319 e. The first kappa shape index (κ1) is 20.1. The lowest BCUT2D eigenvalue weighted by Gasteiger charge is -2.09. The van der Waals surface area contributed by atoms with Gasteiger partial charge in [0.05, 0.1) is 5.69 Å². The third kappa shape index (κ3) is 4.08. The molecule has 0 saturated heterocycles. The summed E-state index contributed by atoms with van der Waals surface area (Å²) in [5.41, 5.74) is 4.14. The van der Waals surface area contributed by atoms with E-state index in [9.17, 15) is 4.79 Å². The normalized spacial score (nSPS) is 10.8. The van der Waals surface area contributed by atoms with Crippen molar-refractivity contribution in [3.05, 3.63) is 93.7 Å². The van der Waals surface area contributed by atoms with Crippen molar-refractivity contribution < 1.29 is 4.79 Å². The third-order valence-electron chi connectivity index (χ3n) is 4.71. The SMILES string of the molecule is Cc1ccccc1NC(=O)c1nc(-c2ccc(Cl)cc2)n(-c2cc(Cl)ccc2C)n1. The Balaban J connectivity index is 1.81. The second-order valence-electron chi connectivity index (χ2n) is 6.88. The van der Waals surface area contributed by atoms with Crippen molar-refractivity contribution in [2.24, 2.45) is 0 Å². The maximum Gasteiger partial charge on any atom is 0.295 e. The number of halogens is 2. The molecular formula is C23H18Cl2N4O. The maximum absolute atomic E-state index is 12.9. The van der Waals surface area contributed by atoms with Gasteiger partial charge in [-0.15, -0.1) is 5.10 Å². The molecule has 150 valence electrons. The van der Waals surface area contributed by atoms with Crippen molar-refractivity contribution in [1.82, 2.24) is 14.8 Å². The van der Waals surface area contributed by atoms with E-state index < -0.39 is 5.91 Å². The lowest BCUT2D eigenvalue weighted by atomic mass is 10.2. The average molecular weight is 437 g/mol. The van der Waals surface area contributed by atoms with Crippen LogP contribution in [-0.4, -0.2) is 20.7 Å². The number of para-hydroxylation sites is 1. The number of amides is 1. The first-order valence-electron chi connectivity index (χ1n) is 9.29. The van der Waals surface area contributed by atoms with E-state index in [1.54, 1.807) is 22.9 Å². The van der Waals surface area contributed by atoms with E-state index in [0.717, 1.165) is 22.4 Å². The van der Waals surface area contributed by atoms with Crippen LogP contribution < -0.4 is 5.32 Å². The number of hydrogen-bond acceptors (Lipinski definition) is 3. The summed E-state index contributed by atoms with van der Waals surface area (Å²) in [6.45, 7) is 3.88. The maximum atomic E-state index is 12.9. The van der Waals surface area contributed by atoms with Crippen molar-refractivity contribution in [3.63, 3.8) is 0 Å². The Kier molecular flexibility index (Phi) is 5.57. The van der Waals surface area contributed by atoms with Crippen molar-refractivity contribution >= 4 is 34.8 Å². The van der Waals surface area contributed by atoms with Gasteiger partial charge in [0.25, 0.3) is 5.91 Å². The van der Waals surface area contributed by atoms with Crippen molar-refractivity contribution in [2.75, 3.05) is 5.32 Å². The molecule has 4 aromatic rings. The minimum atomic E-state index is -0.391. The van der Waals surface area contributed by atoms with Gasteiger partial charge < -0.3 is 5.32 Å². The van der Waals surface area contributed by atoms with Gasteiger partial charge in [0, 0.05) is 21.3 Å². The van der Waals surface area contributed by atoms with Crippen LogP contribution in [0.3, 0.4) is 0 Å². The number of carbonyl (C=O) groups excluding carboxylic acids is 1. The quantitative estimate of drug-likeness (QED) is 0.419. The summed E-state index contributed by atoms with van der Waals surface area (Å²) < 4.78 is 1.64. The summed E-state index contributed by atoms with van der Waals surface area (Å²) in [4.78, 5) is 17.4. The molecule has 7 heteroatoms. The zero-order valence-corrected chi connectivity index (χ0v) is 17.9. The molecule has 30 heavy (non-hydrogen) atoms. The summed E-state index contributed by atoms with van der Waals surface area (Å²) in [5, 5.41) is 8.57. The summed E-state index contributed by atoms with van der Waals surface area (Å²) in [6.07, 6.45) is 0. The van der Waals surface area contributed by atoms with Crippen LogP contribution in [0.2, 0.25) is 10.0 Å². The lowest BCUT2D eigenvalue weighted by Crippen LogP contribution is -2.15. The van der Waals surface area contributed by atoms with E-state index in [1.165, 1.54) is 0 Å². The highest BCUT2D eigenvalue weighted by atomic mass is 35.5. The third-order valence-corrected chi connectivity index (χ3v) is 5.19. The average Bonchev–Trinajstić information content (AvgIpc) is 3.17. The van der Waals surface area contributed by atoms with Gasteiger partial charge in [0.1, 0.15) is 0 Å². The molecule has 5 nitrogen and oxygen atoms in total. The smallest absolute Gasteiger partial charge is 0.295 e. The zero-order valence-electron chi connectivity index (χ0n) is 16.4. The number of carbonyl (C=O) groups is 1. The van der Waals surface area contributed by atoms with Gasteiger partial charge in [-0.25, -0.2) is 9.67 Å². The molecule has 0 saturated carbocycles. The van der Waals surface area contributed by atoms with E-state index in [-0.39, 0.29) is 5.82 Å². The Morgan fingerprint density at radius 3 is 2.33 bits per heavy atom. The fourth-order valence-electron chi connectivity index (χ4n) is 3.06. The summed E-state index contributed by atoms with van der Waals surface area (Å²) in [6, 6.07) is 20.3. The van der Waals surface area contributed by atoms with Crippen LogP contribution in [0.1, 0.15) is 21.7 Å². The van der Waals surface area contributed by atoms with Crippen LogP contribution in [0.4, 0.5) is 5.69 Å². The highest BCUT2D eigenvalue weighted by molar-refractivity contribution is 6.31. The van der Waals surface area contributed by atoms with E-state index in [1.807, 2.05) is 62.4 Å². The number of anilines is 1. The minimum Gasteiger partial charge on any atom is -0.319 e. The predicted molar refractivity (Wildman–Crippen MR) is 121 cm³/mol. The number of nitrogens with one attached hydrogen (secondary N) is 1. The number of rotatable bonds is 4. The minimum absolute atomic E-state index is 0.0579. The van der Waals surface area contributed by atoms with Crippen LogP contribution in [0, 0.1) is 13.8 Å². The van der Waals surface area contributed by atoms with Gasteiger partial charge in [-0.3, -0.25) is 4.79 Å². The van der Waals surface area contributed by atoms with Crippen LogP contribution in [-0.2, 0) is 0 Å². The molecule has 0 bridgehead atoms. The van der Waals surface area contributed by atoms with Gasteiger partial charge >= 0.3 is 0 Å². The number of benzene rings is 3. The molecule has 1 heterocycles. The number of aromatic nitrogens is 3. The predicted octanol–water partition coefficient (Wildman–Crippen LogP) is 6.11. The van der Waals surface area contributed by atoms with Gasteiger partial charge in [-0.1, -0.05) is 47.5 Å². The van der Waals surface area contributed by atoms with Crippen LogP contribution in [0.15, 0.2) is 66.7 Å². The summed E-state index contributed by atoms with van der Waals surface area (Å²) >= 11 is 12.3. The van der Waals surface area contributed by atoms with E-state index >= 15 is 0 Å². The first-order valence-corrected chi connectivity index (χ1v) is 10.0. The van der Waals surface area contributed by atoms with Gasteiger partial charge in [-0.2, -0.15) is 0 Å². The molecule has 0 fully saturated rings. The Labute approximate surface area is 184 Å². The molecule has 0 aliphatic carbocycles. The Morgan fingerprint density at radius 1 is 0.900 bits per heavy atom. The van der Waals surface area contributed by atoms with E-state index in [0.29, 0.717) is 21.6 Å². The van der Waals surface area contributed by atoms with Crippen LogP contribution >= 0.6 is 23.2 Å². The van der Waals surface area contributed by atoms with Crippen molar-refractivity contribution in [2.45, 2.75) is 13.8 Å². The van der Waals surface area contributed by atoms with Gasteiger partial charge in [-0.05, 0) is 67.4 Å². The Bertz CT molecular complexity index is 1230.